The highest BCUT2D eigenvalue weighted by atomic mass is 19.1. The van der Waals surface area contributed by atoms with Crippen molar-refractivity contribution in [2.45, 2.75) is 63.5 Å². The lowest BCUT2D eigenvalue weighted by Crippen LogP contribution is -2.58. The van der Waals surface area contributed by atoms with Gasteiger partial charge in [0.1, 0.15) is 11.6 Å². The second kappa shape index (κ2) is 9.70. The fourth-order valence-corrected chi connectivity index (χ4v) is 4.39. The van der Waals surface area contributed by atoms with Crippen LogP contribution in [0.1, 0.15) is 56.9 Å². The van der Waals surface area contributed by atoms with Crippen LogP contribution in [0.5, 0.6) is 5.75 Å². The van der Waals surface area contributed by atoms with E-state index in [1.807, 2.05) is 0 Å². The van der Waals surface area contributed by atoms with Gasteiger partial charge in [0.15, 0.2) is 5.60 Å². The molecule has 156 valence electrons. The van der Waals surface area contributed by atoms with Crippen molar-refractivity contribution >= 4 is 5.91 Å². The number of rotatable bonds is 5. The predicted octanol–water partition coefficient (Wildman–Crippen LogP) is 3.34. The predicted molar refractivity (Wildman–Crippen MR) is 107 cm³/mol. The van der Waals surface area contributed by atoms with Crippen molar-refractivity contribution in [3.05, 3.63) is 29.6 Å². The lowest BCUT2D eigenvalue weighted by atomic mass is 9.90. The summed E-state index contributed by atoms with van der Waals surface area (Å²) in [5.41, 5.74) is -0.957. The maximum Gasteiger partial charge on any atom is 0.256 e. The topological polar surface area (TPSA) is 53.0 Å². The molecule has 1 aromatic rings. The summed E-state index contributed by atoms with van der Waals surface area (Å²) < 4.78 is 19.4. The van der Waals surface area contributed by atoms with Gasteiger partial charge in [-0.15, -0.1) is 0 Å². The molecular formula is C22H33FN2O3. The van der Waals surface area contributed by atoms with Crippen molar-refractivity contribution in [2.24, 2.45) is 0 Å². The van der Waals surface area contributed by atoms with E-state index in [9.17, 15) is 14.3 Å². The molecule has 28 heavy (non-hydrogen) atoms. The molecule has 2 aliphatic rings. The number of nitrogens with zero attached hydrogens (tertiary/aromatic N) is 2. The molecule has 1 N–H and O–H groups in total. The van der Waals surface area contributed by atoms with Gasteiger partial charge in [-0.25, -0.2) is 4.39 Å². The first kappa shape index (κ1) is 21.1. The van der Waals surface area contributed by atoms with Gasteiger partial charge in [0, 0.05) is 25.2 Å². The molecule has 2 fully saturated rings. The Morgan fingerprint density at radius 1 is 1.07 bits per heavy atom. The molecule has 0 aromatic heterocycles. The number of piperidine rings is 1. The van der Waals surface area contributed by atoms with Crippen molar-refractivity contribution in [2.75, 3.05) is 33.3 Å². The molecule has 1 aromatic carbocycles. The van der Waals surface area contributed by atoms with Crippen LogP contribution >= 0.6 is 0 Å². The van der Waals surface area contributed by atoms with Gasteiger partial charge in [0.2, 0.25) is 0 Å². The Balaban J connectivity index is 1.68. The fraction of sp³-hybridized carbons (Fsp3) is 0.682. The molecule has 5 nitrogen and oxygen atoms in total. The van der Waals surface area contributed by atoms with E-state index in [-0.39, 0.29) is 18.3 Å². The van der Waals surface area contributed by atoms with E-state index in [1.165, 1.54) is 38.9 Å². The molecule has 0 radical (unpaired) electrons. The number of amides is 1. The zero-order valence-corrected chi connectivity index (χ0v) is 17.0. The van der Waals surface area contributed by atoms with Crippen molar-refractivity contribution in [1.29, 1.82) is 0 Å². The van der Waals surface area contributed by atoms with Crippen molar-refractivity contribution in [3.8, 4) is 5.75 Å². The molecule has 1 amide bonds. The lowest BCUT2D eigenvalue weighted by Gasteiger charge is -2.41. The van der Waals surface area contributed by atoms with E-state index in [1.54, 1.807) is 17.0 Å². The van der Waals surface area contributed by atoms with Gasteiger partial charge in [0.05, 0.1) is 7.11 Å². The number of hydrogen-bond acceptors (Lipinski definition) is 4. The number of ether oxygens (including phenoxy) is 1. The average Bonchev–Trinajstić information content (AvgIpc) is 2.81. The molecule has 0 unspecified atom stereocenters. The molecule has 0 aliphatic carbocycles. The monoisotopic (exact) mass is 392 g/mol. The highest BCUT2D eigenvalue weighted by Gasteiger charge is 2.43. The molecule has 6 heteroatoms. The first-order chi connectivity index (χ1) is 13.5. The minimum Gasteiger partial charge on any atom is -0.497 e. The van der Waals surface area contributed by atoms with Crippen LogP contribution in [0.15, 0.2) is 18.2 Å². The Hall–Kier alpha value is -1.66. The quantitative estimate of drug-likeness (QED) is 0.835. The summed E-state index contributed by atoms with van der Waals surface area (Å²) in [5.74, 6) is -0.0728. The zero-order chi connectivity index (χ0) is 20.0. The zero-order valence-electron chi connectivity index (χ0n) is 17.0. The van der Waals surface area contributed by atoms with Gasteiger partial charge in [-0.05, 0) is 57.0 Å². The number of likely N-dealkylation sites (tertiary alicyclic amines) is 1. The van der Waals surface area contributed by atoms with Crippen LogP contribution in [-0.4, -0.2) is 59.7 Å². The van der Waals surface area contributed by atoms with E-state index >= 15 is 0 Å². The Bertz CT molecular complexity index is 659. The fourth-order valence-electron chi connectivity index (χ4n) is 4.39. The normalized spacial score (nSPS) is 25.1. The summed E-state index contributed by atoms with van der Waals surface area (Å²) in [4.78, 5) is 17.0. The van der Waals surface area contributed by atoms with E-state index in [0.717, 1.165) is 32.4 Å². The summed E-state index contributed by atoms with van der Waals surface area (Å²) in [6.45, 7) is 2.94. The Morgan fingerprint density at radius 3 is 2.43 bits per heavy atom. The number of β-amino-alcohol motifs (C(OH)–C–C–N with tert-alkyl or cyclic N) is 1. The van der Waals surface area contributed by atoms with Crippen molar-refractivity contribution < 1.29 is 19.0 Å². The molecular weight excluding hydrogens is 359 g/mol. The van der Waals surface area contributed by atoms with Gasteiger partial charge in [-0.2, -0.15) is 0 Å². The SMILES string of the molecule is COc1ccc(F)c(CN2CCC[C@](O)(CN3CCCCCCCC3)C2=O)c1. The number of aliphatic hydroxyl groups is 1. The van der Waals surface area contributed by atoms with E-state index in [2.05, 4.69) is 4.90 Å². The summed E-state index contributed by atoms with van der Waals surface area (Å²) >= 11 is 0. The summed E-state index contributed by atoms with van der Waals surface area (Å²) in [7, 11) is 1.54. The minimum atomic E-state index is -1.37. The molecule has 0 spiro atoms. The van der Waals surface area contributed by atoms with E-state index < -0.39 is 5.60 Å². The second-order valence-electron chi connectivity index (χ2n) is 8.22. The highest BCUT2D eigenvalue weighted by molar-refractivity contribution is 5.86. The Labute approximate surface area is 167 Å². The number of carbonyl (C=O) groups is 1. The maximum atomic E-state index is 14.2. The smallest absolute Gasteiger partial charge is 0.256 e. The van der Waals surface area contributed by atoms with Crippen LogP contribution in [0.25, 0.3) is 0 Å². The molecule has 0 bridgehead atoms. The lowest BCUT2D eigenvalue weighted by molar-refractivity contribution is -0.160. The number of carbonyl (C=O) groups excluding carboxylic acids is 1. The van der Waals surface area contributed by atoms with E-state index in [0.29, 0.717) is 30.8 Å². The van der Waals surface area contributed by atoms with Gasteiger partial charge in [-0.3, -0.25) is 9.69 Å². The summed E-state index contributed by atoms with van der Waals surface area (Å²) in [5, 5.41) is 11.2. The van der Waals surface area contributed by atoms with Crippen LogP contribution in [0.2, 0.25) is 0 Å². The third kappa shape index (κ3) is 5.23. The molecule has 2 aliphatic heterocycles. The Morgan fingerprint density at radius 2 is 1.75 bits per heavy atom. The van der Waals surface area contributed by atoms with Crippen LogP contribution in [0, 0.1) is 5.82 Å². The van der Waals surface area contributed by atoms with Gasteiger partial charge in [-0.1, -0.05) is 25.7 Å². The summed E-state index contributed by atoms with van der Waals surface area (Å²) in [6, 6.07) is 4.55. The molecule has 2 saturated heterocycles. The first-order valence-electron chi connectivity index (χ1n) is 10.6. The third-order valence-corrected chi connectivity index (χ3v) is 6.00. The largest absolute Gasteiger partial charge is 0.497 e. The number of hydrogen-bond donors (Lipinski definition) is 1. The number of benzene rings is 1. The van der Waals surface area contributed by atoms with E-state index in [4.69, 9.17) is 4.74 Å². The average molecular weight is 393 g/mol. The summed E-state index contributed by atoms with van der Waals surface area (Å²) in [6.07, 6.45) is 8.40. The molecule has 0 saturated carbocycles. The maximum absolute atomic E-state index is 14.2. The van der Waals surface area contributed by atoms with Gasteiger partial charge < -0.3 is 14.7 Å². The van der Waals surface area contributed by atoms with Crippen LogP contribution < -0.4 is 4.74 Å². The number of halogens is 1. The molecule has 1 atom stereocenters. The first-order valence-corrected chi connectivity index (χ1v) is 10.6. The molecule has 2 heterocycles. The van der Waals surface area contributed by atoms with Gasteiger partial charge in [0.25, 0.3) is 5.91 Å². The molecule has 3 rings (SSSR count). The van der Waals surface area contributed by atoms with Crippen molar-refractivity contribution in [1.82, 2.24) is 9.80 Å². The minimum absolute atomic E-state index is 0.157. The highest BCUT2D eigenvalue weighted by Crippen LogP contribution is 2.27. The second-order valence-corrected chi connectivity index (χ2v) is 8.22. The standard InChI is InChI=1S/C22H33FN2O3/c1-28-19-9-10-20(23)18(15-19)16-25-14-8-11-22(27,21(25)26)17-24-12-6-4-2-3-5-7-13-24/h9-10,15,27H,2-8,11-14,16-17H2,1H3/t22-/m0/s1. The van der Waals surface area contributed by atoms with Crippen LogP contribution in [0.3, 0.4) is 0 Å². The van der Waals surface area contributed by atoms with Crippen LogP contribution in [-0.2, 0) is 11.3 Å². The van der Waals surface area contributed by atoms with Gasteiger partial charge >= 0.3 is 0 Å². The third-order valence-electron chi connectivity index (χ3n) is 6.00. The van der Waals surface area contributed by atoms with Crippen LogP contribution in [0.4, 0.5) is 4.39 Å². The number of methoxy groups -OCH3 is 1. The Kier molecular flexibility index (Phi) is 7.30. The van der Waals surface area contributed by atoms with Crippen molar-refractivity contribution in [3.63, 3.8) is 0 Å².